The van der Waals surface area contributed by atoms with Crippen molar-refractivity contribution in [3.05, 3.63) is 69.6 Å². The summed E-state index contributed by atoms with van der Waals surface area (Å²) < 4.78 is 0.838. The smallest absolute Gasteiger partial charge is 0.251 e. The molecule has 1 aromatic heterocycles. The van der Waals surface area contributed by atoms with Gasteiger partial charge in [0.1, 0.15) is 5.01 Å². The van der Waals surface area contributed by atoms with Crippen molar-refractivity contribution in [2.45, 2.75) is 12.8 Å². The zero-order valence-electron chi connectivity index (χ0n) is 17.0. The van der Waals surface area contributed by atoms with Crippen LogP contribution in [0.2, 0.25) is 0 Å². The highest BCUT2D eigenvalue weighted by Crippen LogP contribution is 2.26. The average molecular weight is 514 g/mol. The molecule has 1 atom stereocenters. The zero-order valence-corrected chi connectivity index (χ0v) is 19.4. The molecule has 0 saturated carbocycles. The minimum Gasteiger partial charge on any atom is -0.352 e. The molecule has 32 heavy (non-hydrogen) atoms. The first-order valence-electron chi connectivity index (χ1n) is 10.0. The number of hydrogen-bond acceptors (Lipinski definition) is 6. The van der Waals surface area contributed by atoms with Gasteiger partial charge in [-0.1, -0.05) is 51.5 Å². The Morgan fingerprint density at radius 1 is 1.12 bits per heavy atom. The zero-order chi connectivity index (χ0) is 22.5. The van der Waals surface area contributed by atoms with Gasteiger partial charge in [0.25, 0.3) is 5.91 Å². The van der Waals surface area contributed by atoms with Crippen molar-refractivity contribution in [1.82, 2.24) is 15.5 Å². The van der Waals surface area contributed by atoms with E-state index in [1.807, 2.05) is 36.4 Å². The highest BCUT2D eigenvalue weighted by atomic mass is 79.9. The Labute approximate surface area is 197 Å². The molecule has 1 aliphatic heterocycles. The van der Waals surface area contributed by atoms with Crippen LogP contribution in [0.25, 0.3) is 0 Å². The van der Waals surface area contributed by atoms with Gasteiger partial charge >= 0.3 is 0 Å². The predicted octanol–water partition coefficient (Wildman–Crippen LogP) is 3.26. The summed E-state index contributed by atoms with van der Waals surface area (Å²) in [6.07, 6.45) is 0.658. The number of hydrogen-bond donors (Lipinski definition) is 2. The Morgan fingerprint density at radius 3 is 2.72 bits per heavy atom. The van der Waals surface area contributed by atoms with E-state index in [9.17, 15) is 14.4 Å². The fourth-order valence-corrected chi connectivity index (χ4v) is 4.51. The molecule has 3 aromatic rings. The number of para-hydroxylation sites is 1. The summed E-state index contributed by atoms with van der Waals surface area (Å²) in [4.78, 5) is 38.8. The number of amides is 3. The summed E-state index contributed by atoms with van der Waals surface area (Å²) in [5.74, 6) is -0.935. The number of anilines is 2. The van der Waals surface area contributed by atoms with E-state index < -0.39 is 5.92 Å². The molecular formula is C22H20BrN5O3S. The lowest BCUT2D eigenvalue weighted by molar-refractivity contribution is -0.122. The number of nitrogens with zero attached hydrogens (tertiary/aromatic N) is 3. The number of rotatable bonds is 7. The van der Waals surface area contributed by atoms with E-state index in [1.165, 1.54) is 11.3 Å². The molecule has 1 aliphatic rings. The van der Waals surface area contributed by atoms with E-state index in [-0.39, 0.29) is 24.1 Å². The minimum absolute atomic E-state index is 0.0736. The van der Waals surface area contributed by atoms with Crippen LogP contribution in [-0.2, 0) is 16.0 Å². The first kappa shape index (κ1) is 22.1. The number of nitrogens with one attached hydrogen (secondary N) is 2. The highest BCUT2D eigenvalue weighted by Gasteiger charge is 2.35. The van der Waals surface area contributed by atoms with E-state index in [0.29, 0.717) is 35.2 Å². The van der Waals surface area contributed by atoms with Gasteiger partial charge in [-0.3, -0.25) is 14.4 Å². The van der Waals surface area contributed by atoms with Crippen LogP contribution in [0.1, 0.15) is 21.8 Å². The van der Waals surface area contributed by atoms with Gasteiger partial charge in [-0.15, -0.1) is 10.2 Å². The second-order valence-electron chi connectivity index (χ2n) is 7.25. The van der Waals surface area contributed by atoms with Crippen molar-refractivity contribution in [2.24, 2.45) is 5.92 Å². The van der Waals surface area contributed by atoms with Gasteiger partial charge in [-0.2, -0.15) is 0 Å². The van der Waals surface area contributed by atoms with Gasteiger partial charge in [0, 0.05) is 41.7 Å². The molecule has 3 amide bonds. The minimum atomic E-state index is -0.445. The van der Waals surface area contributed by atoms with Crippen LogP contribution in [0.5, 0.6) is 0 Å². The molecule has 4 rings (SSSR count). The van der Waals surface area contributed by atoms with Gasteiger partial charge in [0.2, 0.25) is 16.9 Å². The Bertz CT molecular complexity index is 1140. The van der Waals surface area contributed by atoms with E-state index in [0.717, 1.165) is 10.2 Å². The maximum atomic E-state index is 12.6. The fourth-order valence-electron chi connectivity index (χ4n) is 3.37. The number of benzene rings is 2. The Hall–Kier alpha value is -3.11. The van der Waals surface area contributed by atoms with Crippen molar-refractivity contribution >= 4 is 55.8 Å². The summed E-state index contributed by atoms with van der Waals surface area (Å²) >= 11 is 4.60. The second-order valence-corrected chi connectivity index (χ2v) is 9.23. The summed E-state index contributed by atoms with van der Waals surface area (Å²) in [7, 11) is 0. The van der Waals surface area contributed by atoms with Crippen LogP contribution in [0, 0.1) is 5.92 Å². The number of carbonyl (C=O) groups is 3. The van der Waals surface area contributed by atoms with E-state index in [2.05, 4.69) is 36.8 Å². The molecule has 0 aliphatic carbocycles. The molecular weight excluding hydrogens is 494 g/mol. The molecule has 1 saturated heterocycles. The van der Waals surface area contributed by atoms with Crippen molar-refractivity contribution in [3.63, 3.8) is 0 Å². The molecule has 0 bridgehead atoms. The van der Waals surface area contributed by atoms with Crippen molar-refractivity contribution in [3.8, 4) is 0 Å². The summed E-state index contributed by atoms with van der Waals surface area (Å²) in [5, 5.41) is 14.8. The van der Waals surface area contributed by atoms with Crippen molar-refractivity contribution in [1.29, 1.82) is 0 Å². The van der Waals surface area contributed by atoms with Crippen LogP contribution in [0.4, 0.5) is 10.8 Å². The topological polar surface area (TPSA) is 104 Å². The van der Waals surface area contributed by atoms with E-state index in [4.69, 9.17) is 0 Å². The summed E-state index contributed by atoms with van der Waals surface area (Å²) in [6, 6.07) is 16.5. The van der Waals surface area contributed by atoms with Crippen molar-refractivity contribution in [2.75, 3.05) is 23.3 Å². The fraction of sp³-hybridized carbons (Fsp3) is 0.227. The van der Waals surface area contributed by atoms with Gasteiger partial charge in [-0.05, 0) is 30.3 Å². The molecule has 8 nitrogen and oxygen atoms in total. The van der Waals surface area contributed by atoms with Crippen molar-refractivity contribution < 1.29 is 14.4 Å². The van der Waals surface area contributed by atoms with Crippen LogP contribution in [-0.4, -0.2) is 41.0 Å². The lowest BCUT2D eigenvalue weighted by Gasteiger charge is -2.16. The summed E-state index contributed by atoms with van der Waals surface area (Å²) in [5.41, 5.74) is 1.36. The van der Waals surface area contributed by atoms with Crippen LogP contribution in [0.15, 0.2) is 59.1 Å². The van der Waals surface area contributed by atoms with Crippen LogP contribution < -0.4 is 15.5 Å². The van der Waals surface area contributed by atoms with Crippen LogP contribution >= 0.6 is 27.3 Å². The molecule has 10 heteroatoms. The molecule has 1 unspecified atom stereocenters. The Balaban J connectivity index is 1.26. The van der Waals surface area contributed by atoms with Gasteiger partial charge in [-0.25, -0.2) is 0 Å². The second kappa shape index (κ2) is 10.0. The molecule has 2 N–H and O–H groups in total. The standard InChI is InChI=1S/C22H20BrN5O3S/c23-16-6-4-5-14(11-16)20(30)24-10-9-18-26-27-22(32-18)25-21(31)15-12-19(29)28(13-15)17-7-2-1-3-8-17/h1-8,11,15H,9-10,12-13H2,(H,24,30)(H,25,27,31). The maximum absolute atomic E-state index is 12.6. The first-order chi connectivity index (χ1) is 15.5. The number of carbonyl (C=O) groups excluding carboxylic acids is 3. The normalized spacial score (nSPS) is 15.6. The maximum Gasteiger partial charge on any atom is 0.251 e. The quantitative estimate of drug-likeness (QED) is 0.504. The predicted molar refractivity (Wildman–Crippen MR) is 126 cm³/mol. The lowest BCUT2D eigenvalue weighted by atomic mass is 10.1. The van der Waals surface area contributed by atoms with E-state index in [1.54, 1.807) is 23.1 Å². The SMILES string of the molecule is O=C(NCCc1nnc(NC(=O)C2CC(=O)N(c3ccccc3)C2)s1)c1cccc(Br)c1. The average Bonchev–Trinajstić information content (AvgIpc) is 3.40. The Kier molecular flexibility index (Phi) is 6.91. The third-order valence-corrected chi connectivity index (χ3v) is 6.36. The molecule has 1 fully saturated rings. The third-order valence-electron chi connectivity index (χ3n) is 4.97. The third kappa shape index (κ3) is 5.38. The molecule has 0 spiro atoms. The lowest BCUT2D eigenvalue weighted by Crippen LogP contribution is -2.28. The monoisotopic (exact) mass is 513 g/mol. The molecule has 0 radical (unpaired) electrons. The number of aromatic nitrogens is 2. The Morgan fingerprint density at radius 2 is 1.94 bits per heavy atom. The largest absolute Gasteiger partial charge is 0.352 e. The van der Waals surface area contributed by atoms with Gasteiger partial charge < -0.3 is 15.5 Å². The van der Waals surface area contributed by atoms with E-state index >= 15 is 0 Å². The van der Waals surface area contributed by atoms with Gasteiger partial charge in [0.15, 0.2) is 0 Å². The van der Waals surface area contributed by atoms with Crippen LogP contribution in [0.3, 0.4) is 0 Å². The number of halogens is 1. The first-order valence-corrected chi connectivity index (χ1v) is 11.6. The summed E-state index contributed by atoms with van der Waals surface area (Å²) in [6.45, 7) is 0.735. The van der Waals surface area contributed by atoms with Gasteiger partial charge in [0.05, 0.1) is 5.92 Å². The molecule has 2 aromatic carbocycles. The molecule has 164 valence electrons. The highest BCUT2D eigenvalue weighted by molar-refractivity contribution is 9.10. The molecule has 2 heterocycles.